The molecule has 0 amide bonds. The Labute approximate surface area is 169 Å². The number of hydrogen-bond donors (Lipinski definition) is 0. The number of aromatic nitrogens is 1. The number of nitrogens with zero attached hydrogens (tertiary/aromatic N) is 1. The number of carbonyl (C=O) groups is 1. The summed E-state index contributed by atoms with van der Waals surface area (Å²) in [6, 6.07) is 10.2. The third-order valence-corrected chi connectivity index (χ3v) is 6.66. The Morgan fingerprint density at radius 3 is 2.28 bits per heavy atom. The van der Waals surface area contributed by atoms with Crippen molar-refractivity contribution in [3.05, 3.63) is 59.3 Å². The van der Waals surface area contributed by atoms with E-state index in [-0.39, 0.29) is 10.7 Å². The van der Waals surface area contributed by atoms with Crippen LogP contribution in [0, 0.1) is 13.8 Å². The van der Waals surface area contributed by atoms with Crippen LogP contribution in [0.5, 0.6) is 11.5 Å². The molecule has 0 N–H and O–H groups in total. The standard InChI is InChI=1S/C22H21NO5S/c1-14-4-7-17(8-5-14)29(25,26)23-19(9-6-15(2)24)16(3)18-12-21-22(13-20(18)23)28-11-10-27-21/h4-9,12-13H,10-11H2,1-3H3/b9-6+. The molecule has 2 aromatic carbocycles. The zero-order chi connectivity index (χ0) is 20.8. The van der Waals surface area contributed by atoms with Gasteiger partial charge in [0.15, 0.2) is 17.3 Å². The van der Waals surface area contributed by atoms with E-state index in [2.05, 4.69) is 0 Å². The second-order valence-corrected chi connectivity index (χ2v) is 8.84. The van der Waals surface area contributed by atoms with E-state index in [0.717, 1.165) is 16.5 Å². The van der Waals surface area contributed by atoms with Gasteiger partial charge in [0, 0.05) is 11.5 Å². The maximum Gasteiger partial charge on any atom is 0.268 e. The number of ketones is 1. The Kier molecular flexibility index (Phi) is 4.70. The minimum Gasteiger partial charge on any atom is -0.486 e. The lowest BCUT2D eigenvalue weighted by molar-refractivity contribution is -0.112. The summed E-state index contributed by atoms with van der Waals surface area (Å²) in [6.45, 7) is 6.00. The maximum atomic E-state index is 13.6. The number of aryl methyl sites for hydroxylation is 2. The molecule has 0 saturated heterocycles. The highest BCUT2D eigenvalue weighted by atomic mass is 32.2. The third-order valence-electron chi connectivity index (χ3n) is 4.92. The summed E-state index contributed by atoms with van der Waals surface area (Å²) in [5, 5.41) is 0.730. The van der Waals surface area contributed by atoms with Crippen molar-refractivity contribution < 1.29 is 22.7 Å². The van der Waals surface area contributed by atoms with Crippen LogP contribution >= 0.6 is 0 Å². The average Bonchev–Trinajstić information content (AvgIpc) is 2.96. The van der Waals surface area contributed by atoms with Gasteiger partial charge >= 0.3 is 0 Å². The van der Waals surface area contributed by atoms with Gasteiger partial charge in [-0.2, -0.15) is 0 Å². The van der Waals surface area contributed by atoms with Gasteiger partial charge in [-0.25, -0.2) is 12.4 Å². The third kappa shape index (κ3) is 3.31. The molecule has 0 radical (unpaired) electrons. The van der Waals surface area contributed by atoms with Crippen LogP contribution in [0.3, 0.4) is 0 Å². The van der Waals surface area contributed by atoms with Gasteiger partial charge in [-0.3, -0.25) is 4.79 Å². The predicted octanol–water partition coefficient (Wildman–Crippen LogP) is 3.87. The Bertz CT molecular complexity index is 1250. The van der Waals surface area contributed by atoms with Gasteiger partial charge < -0.3 is 9.47 Å². The van der Waals surface area contributed by atoms with Crippen molar-refractivity contribution in [2.45, 2.75) is 25.7 Å². The lowest BCUT2D eigenvalue weighted by Crippen LogP contribution is -2.16. The van der Waals surface area contributed by atoms with Crippen LogP contribution in [0.2, 0.25) is 0 Å². The fourth-order valence-corrected chi connectivity index (χ4v) is 4.99. The van der Waals surface area contributed by atoms with Crippen molar-refractivity contribution in [3.63, 3.8) is 0 Å². The van der Waals surface area contributed by atoms with E-state index >= 15 is 0 Å². The highest BCUT2D eigenvalue weighted by Crippen LogP contribution is 2.39. The fraction of sp³-hybridized carbons (Fsp3) is 0.227. The van der Waals surface area contributed by atoms with Gasteiger partial charge in [-0.05, 0) is 56.7 Å². The molecule has 0 bridgehead atoms. The summed E-state index contributed by atoms with van der Waals surface area (Å²) in [5.74, 6) is 0.919. The summed E-state index contributed by atoms with van der Waals surface area (Å²) in [7, 11) is -3.91. The van der Waals surface area contributed by atoms with Crippen molar-refractivity contribution in [2.75, 3.05) is 13.2 Å². The summed E-state index contributed by atoms with van der Waals surface area (Å²) < 4.78 is 39.8. The van der Waals surface area contributed by atoms with Crippen LogP contribution in [0.1, 0.15) is 23.7 Å². The molecule has 0 aliphatic carbocycles. The Balaban J connectivity index is 2.05. The van der Waals surface area contributed by atoms with E-state index in [1.165, 1.54) is 17.0 Å². The molecule has 1 aliphatic rings. The Morgan fingerprint density at radius 1 is 1.03 bits per heavy atom. The van der Waals surface area contributed by atoms with Crippen LogP contribution in [-0.4, -0.2) is 31.4 Å². The SMILES string of the molecule is CC(=O)/C=C/c1c(C)c2cc3c(cc2n1S(=O)(=O)c1ccc(C)cc1)OCCO3. The minimum absolute atomic E-state index is 0.167. The van der Waals surface area contributed by atoms with E-state index < -0.39 is 10.0 Å². The van der Waals surface area contributed by atoms with Gasteiger partial charge in [-0.1, -0.05) is 17.7 Å². The highest BCUT2D eigenvalue weighted by molar-refractivity contribution is 7.90. The molecule has 0 unspecified atom stereocenters. The second-order valence-electron chi connectivity index (χ2n) is 7.05. The molecule has 2 heterocycles. The first-order valence-corrected chi connectivity index (χ1v) is 10.7. The number of allylic oxidation sites excluding steroid dienone is 1. The molecule has 0 atom stereocenters. The number of benzene rings is 2. The zero-order valence-corrected chi connectivity index (χ0v) is 17.2. The van der Waals surface area contributed by atoms with E-state index in [9.17, 15) is 13.2 Å². The molecule has 6 nitrogen and oxygen atoms in total. The summed E-state index contributed by atoms with van der Waals surface area (Å²) in [5.41, 5.74) is 2.62. The molecule has 150 valence electrons. The molecule has 7 heteroatoms. The number of hydrogen-bond acceptors (Lipinski definition) is 5. The average molecular weight is 411 g/mol. The Hall–Kier alpha value is -3.06. The minimum atomic E-state index is -3.91. The number of rotatable bonds is 4. The Morgan fingerprint density at radius 2 is 1.66 bits per heavy atom. The van der Waals surface area contributed by atoms with Gasteiger partial charge in [0.2, 0.25) is 0 Å². The van der Waals surface area contributed by atoms with Gasteiger partial charge in [0.05, 0.1) is 16.1 Å². The van der Waals surface area contributed by atoms with E-state index in [0.29, 0.717) is 35.9 Å². The number of carbonyl (C=O) groups excluding carboxylic acids is 1. The lowest BCUT2D eigenvalue weighted by Gasteiger charge is -2.19. The smallest absolute Gasteiger partial charge is 0.268 e. The molecule has 1 aromatic heterocycles. The second kappa shape index (κ2) is 7.08. The largest absolute Gasteiger partial charge is 0.486 e. The quantitative estimate of drug-likeness (QED) is 0.610. The van der Waals surface area contributed by atoms with Gasteiger partial charge in [0.25, 0.3) is 10.0 Å². The number of ether oxygens (including phenoxy) is 2. The van der Waals surface area contributed by atoms with Crippen LogP contribution in [-0.2, 0) is 14.8 Å². The molecule has 1 aliphatic heterocycles. The van der Waals surface area contributed by atoms with Crippen molar-refractivity contribution in [1.82, 2.24) is 3.97 Å². The lowest BCUT2D eigenvalue weighted by atomic mass is 10.1. The first kappa shape index (κ1) is 19.3. The van der Waals surface area contributed by atoms with Crippen LogP contribution in [0.4, 0.5) is 0 Å². The fourth-order valence-electron chi connectivity index (χ4n) is 3.43. The van der Waals surface area contributed by atoms with E-state index in [1.54, 1.807) is 42.5 Å². The topological polar surface area (TPSA) is 74.6 Å². The molecule has 0 saturated carbocycles. The maximum absolute atomic E-state index is 13.6. The van der Waals surface area contributed by atoms with Crippen molar-refractivity contribution in [2.24, 2.45) is 0 Å². The van der Waals surface area contributed by atoms with Gasteiger partial charge in [-0.15, -0.1) is 0 Å². The van der Waals surface area contributed by atoms with Crippen LogP contribution in [0.15, 0.2) is 47.4 Å². The predicted molar refractivity (Wildman–Crippen MR) is 111 cm³/mol. The molecule has 4 rings (SSSR count). The first-order valence-electron chi connectivity index (χ1n) is 9.24. The molecular weight excluding hydrogens is 390 g/mol. The van der Waals surface area contributed by atoms with Crippen molar-refractivity contribution >= 4 is 32.8 Å². The molecule has 29 heavy (non-hydrogen) atoms. The highest BCUT2D eigenvalue weighted by Gasteiger charge is 2.27. The molecule has 3 aromatic rings. The summed E-state index contributed by atoms with van der Waals surface area (Å²) >= 11 is 0. The molecular formula is C22H21NO5S. The first-order chi connectivity index (χ1) is 13.8. The summed E-state index contributed by atoms with van der Waals surface area (Å²) in [6.07, 6.45) is 2.92. The van der Waals surface area contributed by atoms with Gasteiger partial charge in [0.1, 0.15) is 13.2 Å². The van der Waals surface area contributed by atoms with Crippen LogP contribution in [0.25, 0.3) is 17.0 Å². The zero-order valence-electron chi connectivity index (χ0n) is 16.4. The van der Waals surface area contributed by atoms with Crippen molar-refractivity contribution in [1.29, 1.82) is 0 Å². The van der Waals surface area contributed by atoms with Crippen LogP contribution < -0.4 is 9.47 Å². The summed E-state index contributed by atoms with van der Waals surface area (Å²) in [4.78, 5) is 11.7. The monoisotopic (exact) mass is 411 g/mol. The normalized spacial score (nSPS) is 13.9. The van der Waals surface area contributed by atoms with E-state index in [4.69, 9.17) is 9.47 Å². The van der Waals surface area contributed by atoms with E-state index in [1.807, 2.05) is 13.8 Å². The van der Waals surface area contributed by atoms with Crippen molar-refractivity contribution in [3.8, 4) is 11.5 Å². The molecule has 0 spiro atoms. The molecule has 0 fully saturated rings. The number of fused-ring (bicyclic) bond motifs is 2.